The predicted molar refractivity (Wildman–Crippen MR) is 113 cm³/mol. The first-order chi connectivity index (χ1) is 13.6. The number of allylic oxidation sites excluding steroid dienone is 2. The van der Waals surface area contributed by atoms with Crippen LogP contribution in [-0.2, 0) is 12.0 Å². The van der Waals surface area contributed by atoms with Crippen LogP contribution in [0.2, 0.25) is 0 Å². The monoisotopic (exact) mass is 378 g/mol. The second-order valence-electron chi connectivity index (χ2n) is 9.36. The predicted octanol–water partition coefficient (Wildman–Crippen LogP) is 6.05. The summed E-state index contributed by atoms with van der Waals surface area (Å²) in [5.74, 6) is 1.40. The van der Waals surface area contributed by atoms with Crippen LogP contribution in [0.25, 0.3) is 11.3 Å². The van der Waals surface area contributed by atoms with Crippen molar-refractivity contribution in [2.75, 3.05) is 13.1 Å². The lowest BCUT2D eigenvalue weighted by Crippen LogP contribution is -2.42. The number of piperidine rings is 1. The molecule has 2 aliphatic carbocycles. The molecular formula is C25H31FN2. The second kappa shape index (κ2) is 6.88. The van der Waals surface area contributed by atoms with Gasteiger partial charge in [-0.2, -0.15) is 0 Å². The molecule has 2 fully saturated rings. The highest BCUT2D eigenvalue weighted by atomic mass is 19.1. The molecule has 2 nitrogen and oxygen atoms in total. The summed E-state index contributed by atoms with van der Waals surface area (Å²) < 4.78 is 13.4. The van der Waals surface area contributed by atoms with Crippen LogP contribution in [0.3, 0.4) is 0 Å². The third-order valence-electron chi connectivity index (χ3n) is 7.46. The fourth-order valence-corrected chi connectivity index (χ4v) is 5.52. The first kappa shape index (κ1) is 18.2. The van der Waals surface area contributed by atoms with Crippen LogP contribution >= 0.6 is 0 Å². The molecule has 2 unspecified atom stereocenters. The molecule has 1 aromatic heterocycles. The van der Waals surface area contributed by atoms with Crippen molar-refractivity contribution >= 4 is 0 Å². The molecule has 1 aromatic carbocycles. The number of aromatic nitrogens is 1. The number of nitrogens with zero attached hydrogens (tertiary/aromatic N) is 1. The first-order valence-electron chi connectivity index (χ1n) is 11.0. The largest absolute Gasteiger partial charge is 0.358 e. The molecule has 0 radical (unpaired) electrons. The molecule has 0 spiro atoms. The summed E-state index contributed by atoms with van der Waals surface area (Å²) >= 11 is 0. The van der Waals surface area contributed by atoms with Crippen LogP contribution in [0.1, 0.15) is 57.2 Å². The Kier molecular flexibility index (Phi) is 4.46. The lowest BCUT2D eigenvalue weighted by atomic mass is 9.92. The molecule has 2 heterocycles. The van der Waals surface area contributed by atoms with E-state index in [4.69, 9.17) is 0 Å². The van der Waals surface area contributed by atoms with Gasteiger partial charge in [-0.3, -0.25) is 4.90 Å². The van der Waals surface area contributed by atoms with Gasteiger partial charge >= 0.3 is 0 Å². The number of hydrogen-bond donors (Lipinski definition) is 1. The molecule has 2 aromatic rings. The average molecular weight is 379 g/mol. The Morgan fingerprint density at radius 1 is 1.11 bits per heavy atom. The molecule has 3 heteroatoms. The number of rotatable bonds is 2. The van der Waals surface area contributed by atoms with E-state index in [9.17, 15) is 4.39 Å². The van der Waals surface area contributed by atoms with E-state index in [0.29, 0.717) is 0 Å². The lowest BCUT2D eigenvalue weighted by molar-refractivity contribution is 0.109. The fraction of sp³-hybridized carbons (Fsp3) is 0.520. The number of nitrogens with one attached hydrogen (secondary N) is 1. The summed E-state index contributed by atoms with van der Waals surface area (Å²) in [6.45, 7) is 7.11. The summed E-state index contributed by atoms with van der Waals surface area (Å²) in [6.07, 6.45) is 9.79. The number of aryl methyl sites for hydroxylation is 1. The normalized spacial score (nSPS) is 28.5. The molecule has 148 valence electrons. The Hall–Kier alpha value is -1.87. The van der Waals surface area contributed by atoms with Gasteiger partial charge in [-0.1, -0.05) is 18.6 Å². The summed E-state index contributed by atoms with van der Waals surface area (Å²) in [4.78, 5) is 6.54. The van der Waals surface area contributed by atoms with Crippen LogP contribution in [0.15, 0.2) is 42.0 Å². The van der Waals surface area contributed by atoms with Gasteiger partial charge in [-0.15, -0.1) is 0 Å². The van der Waals surface area contributed by atoms with E-state index >= 15 is 0 Å². The highest BCUT2D eigenvalue weighted by molar-refractivity contribution is 5.63. The number of fused-ring (bicyclic) bond motifs is 3. The zero-order valence-electron chi connectivity index (χ0n) is 17.1. The van der Waals surface area contributed by atoms with Gasteiger partial charge in [-0.25, -0.2) is 4.39 Å². The third-order valence-corrected chi connectivity index (χ3v) is 7.46. The standard InChI is InChI=1S/C25H31FN2/c1-17-3-7-20-16-25(20,28-13-11-18(2)12-14-28)22-15-24(27-23(22)10-4-17)19-5-8-21(26)9-6-19/h3,5-6,8-9,15,18,20,27H,4,7,10-14,16H2,1-2H3. The third kappa shape index (κ3) is 3.04. The lowest BCUT2D eigenvalue weighted by Gasteiger charge is -2.38. The molecule has 0 amide bonds. The topological polar surface area (TPSA) is 19.0 Å². The minimum atomic E-state index is -0.174. The van der Waals surface area contributed by atoms with Gasteiger partial charge in [0.25, 0.3) is 0 Å². The summed E-state index contributed by atoms with van der Waals surface area (Å²) in [6, 6.07) is 9.30. The Labute approximate surface area is 167 Å². The molecule has 1 saturated carbocycles. The van der Waals surface area contributed by atoms with E-state index in [1.165, 1.54) is 55.6 Å². The zero-order valence-corrected chi connectivity index (χ0v) is 17.1. The number of likely N-dealkylation sites (tertiary alicyclic amines) is 1. The van der Waals surface area contributed by atoms with E-state index in [1.54, 1.807) is 12.1 Å². The van der Waals surface area contributed by atoms with Gasteiger partial charge in [-0.05, 0) is 112 Å². The second-order valence-corrected chi connectivity index (χ2v) is 9.36. The highest BCUT2D eigenvalue weighted by Crippen LogP contribution is 2.61. The average Bonchev–Trinajstić information content (AvgIpc) is 3.25. The molecule has 0 bridgehead atoms. The van der Waals surface area contributed by atoms with Crippen molar-refractivity contribution in [3.05, 3.63) is 59.1 Å². The molecular weight excluding hydrogens is 347 g/mol. The van der Waals surface area contributed by atoms with Crippen molar-refractivity contribution in [1.29, 1.82) is 0 Å². The molecule has 5 rings (SSSR count). The number of aromatic amines is 1. The number of benzene rings is 1. The van der Waals surface area contributed by atoms with Crippen LogP contribution in [0.4, 0.5) is 4.39 Å². The Balaban J connectivity index is 1.57. The van der Waals surface area contributed by atoms with Crippen LogP contribution in [-0.4, -0.2) is 23.0 Å². The van der Waals surface area contributed by atoms with Gasteiger partial charge in [0.1, 0.15) is 5.82 Å². The molecule has 1 aliphatic heterocycles. The van der Waals surface area contributed by atoms with Crippen molar-refractivity contribution in [2.24, 2.45) is 11.8 Å². The summed E-state index contributed by atoms with van der Waals surface area (Å²) in [5.41, 5.74) is 6.87. The number of H-pyrrole nitrogens is 1. The molecule has 28 heavy (non-hydrogen) atoms. The van der Waals surface area contributed by atoms with Crippen molar-refractivity contribution in [2.45, 2.75) is 57.9 Å². The summed E-state index contributed by atoms with van der Waals surface area (Å²) in [5, 5.41) is 0. The van der Waals surface area contributed by atoms with E-state index in [0.717, 1.165) is 35.9 Å². The maximum Gasteiger partial charge on any atom is 0.123 e. The maximum atomic E-state index is 13.4. The summed E-state index contributed by atoms with van der Waals surface area (Å²) in [7, 11) is 0. The molecule has 3 aliphatic rings. The van der Waals surface area contributed by atoms with Crippen molar-refractivity contribution in [3.8, 4) is 11.3 Å². The van der Waals surface area contributed by atoms with E-state index < -0.39 is 0 Å². The van der Waals surface area contributed by atoms with Gasteiger partial charge in [0, 0.05) is 11.4 Å². The minimum absolute atomic E-state index is 0.174. The smallest absolute Gasteiger partial charge is 0.123 e. The Morgan fingerprint density at radius 3 is 2.61 bits per heavy atom. The Bertz CT molecular complexity index is 886. The number of hydrogen-bond acceptors (Lipinski definition) is 1. The van der Waals surface area contributed by atoms with Gasteiger partial charge in [0.2, 0.25) is 0 Å². The van der Waals surface area contributed by atoms with E-state index in [2.05, 4.69) is 35.9 Å². The fourth-order valence-electron chi connectivity index (χ4n) is 5.52. The van der Waals surface area contributed by atoms with Crippen molar-refractivity contribution < 1.29 is 4.39 Å². The van der Waals surface area contributed by atoms with Crippen LogP contribution < -0.4 is 0 Å². The van der Waals surface area contributed by atoms with E-state index in [-0.39, 0.29) is 11.4 Å². The van der Waals surface area contributed by atoms with Crippen LogP contribution in [0.5, 0.6) is 0 Å². The van der Waals surface area contributed by atoms with E-state index in [1.807, 2.05) is 12.1 Å². The first-order valence-corrected chi connectivity index (χ1v) is 11.0. The molecule has 1 N–H and O–H groups in total. The quantitative estimate of drug-likeness (QED) is 0.630. The van der Waals surface area contributed by atoms with Crippen molar-refractivity contribution in [1.82, 2.24) is 9.88 Å². The maximum absolute atomic E-state index is 13.4. The molecule has 2 atom stereocenters. The Morgan fingerprint density at radius 2 is 1.86 bits per heavy atom. The van der Waals surface area contributed by atoms with Gasteiger partial charge < -0.3 is 4.98 Å². The van der Waals surface area contributed by atoms with Gasteiger partial charge in [0.15, 0.2) is 0 Å². The minimum Gasteiger partial charge on any atom is -0.358 e. The van der Waals surface area contributed by atoms with Crippen LogP contribution in [0, 0.1) is 17.7 Å². The number of halogens is 1. The molecule has 1 saturated heterocycles. The SMILES string of the molecule is CC1=CCC2CC2(N2CCC(C)CC2)c2cc(-c3ccc(F)cc3)[nH]c2CC1. The van der Waals surface area contributed by atoms with Gasteiger partial charge in [0.05, 0.1) is 5.54 Å². The zero-order chi connectivity index (χ0) is 19.3. The van der Waals surface area contributed by atoms with Crippen molar-refractivity contribution in [3.63, 3.8) is 0 Å². The highest BCUT2D eigenvalue weighted by Gasteiger charge is 2.59.